The standard InChI is InChI=1S/C12H16/c1-4-6-12-8-7-10(3)9-11(12)5-2/h4,6-9H,5H2,1-3H3/b6-4-. The zero-order valence-electron chi connectivity index (χ0n) is 8.09. The fraction of sp³-hybridized carbons (Fsp3) is 0.333. The topological polar surface area (TPSA) is 0 Å². The summed E-state index contributed by atoms with van der Waals surface area (Å²) in [6.07, 6.45) is 5.36. The first-order chi connectivity index (χ1) is 5.77. The SMILES string of the molecule is C/C=C\c1ccc(C)cc1CC. The first-order valence-electron chi connectivity index (χ1n) is 4.50. The van der Waals surface area contributed by atoms with Gasteiger partial charge in [-0.05, 0) is 31.4 Å². The molecule has 0 N–H and O–H groups in total. The van der Waals surface area contributed by atoms with Crippen LogP contribution in [0.5, 0.6) is 0 Å². The Kier molecular flexibility index (Phi) is 3.09. The van der Waals surface area contributed by atoms with Crippen LogP contribution in [0.2, 0.25) is 0 Å². The molecular formula is C12H16. The van der Waals surface area contributed by atoms with Gasteiger partial charge in [-0.1, -0.05) is 42.8 Å². The zero-order chi connectivity index (χ0) is 8.97. The molecule has 0 fully saturated rings. The van der Waals surface area contributed by atoms with E-state index in [1.807, 2.05) is 0 Å². The summed E-state index contributed by atoms with van der Waals surface area (Å²) in [5.41, 5.74) is 4.14. The third-order valence-corrected chi connectivity index (χ3v) is 2.03. The molecule has 12 heavy (non-hydrogen) atoms. The lowest BCUT2D eigenvalue weighted by Gasteiger charge is -2.03. The largest absolute Gasteiger partial charge is 0.0871 e. The molecule has 0 unspecified atom stereocenters. The number of benzene rings is 1. The Hall–Kier alpha value is -1.04. The van der Waals surface area contributed by atoms with Crippen molar-refractivity contribution in [3.63, 3.8) is 0 Å². The molecule has 0 aliphatic heterocycles. The van der Waals surface area contributed by atoms with E-state index in [-0.39, 0.29) is 0 Å². The molecule has 0 bridgehead atoms. The molecule has 64 valence electrons. The second-order valence-corrected chi connectivity index (χ2v) is 3.06. The molecule has 0 atom stereocenters. The van der Waals surface area contributed by atoms with Crippen molar-refractivity contribution in [2.75, 3.05) is 0 Å². The smallest absolute Gasteiger partial charge is 0.0228 e. The fourth-order valence-electron chi connectivity index (χ4n) is 1.38. The lowest BCUT2D eigenvalue weighted by Crippen LogP contribution is -1.86. The molecule has 0 spiro atoms. The lowest BCUT2D eigenvalue weighted by molar-refractivity contribution is 1.12. The molecule has 0 saturated carbocycles. The van der Waals surface area contributed by atoms with Crippen LogP contribution in [-0.4, -0.2) is 0 Å². The van der Waals surface area contributed by atoms with E-state index in [2.05, 4.69) is 51.1 Å². The first-order valence-corrected chi connectivity index (χ1v) is 4.50. The summed E-state index contributed by atoms with van der Waals surface area (Å²) >= 11 is 0. The van der Waals surface area contributed by atoms with Crippen LogP contribution in [0.25, 0.3) is 6.08 Å². The Labute approximate surface area is 74.9 Å². The highest BCUT2D eigenvalue weighted by atomic mass is 14.0. The maximum Gasteiger partial charge on any atom is -0.0228 e. The van der Waals surface area contributed by atoms with Gasteiger partial charge in [0.2, 0.25) is 0 Å². The van der Waals surface area contributed by atoms with Crippen molar-refractivity contribution in [1.29, 1.82) is 0 Å². The van der Waals surface area contributed by atoms with E-state index in [1.165, 1.54) is 16.7 Å². The van der Waals surface area contributed by atoms with Crippen molar-refractivity contribution in [1.82, 2.24) is 0 Å². The van der Waals surface area contributed by atoms with Crippen molar-refractivity contribution in [2.45, 2.75) is 27.2 Å². The molecule has 0 aliphatic carbocycles. The third kappa shape index (κ3) is 1.97. The fourth-order valence-corrected chi connectivity index (χ4v) is 1.38. The van der Waals surface area contributed by atoms with Crippen molar-refractivity contribution in [2.24, 2.45) is 0 Å². The van der Waals surface area contributed by atoms with E-state index in [1.54, 1.807) is 0 Å². The van der Waals surface area contributed by atoms with Gasteiger partial charge in [0.25, 0.3) is 0 Å². The van der Waals surface area contributed by atoms with Gasteiger partial charge in [0, 0.05) is 0 Å². The van der Waals surface area contributed by atoms with Crippen molar-refractivity contribution >= 4 is 6.08 Å². The predicted molar refractivity (Wildman–Crippen MR) is 55.3 cm³/mol. The Morgan fingerprint density at radius 3 is 2.67 bits per heavy atom. The van der Waals surface area contributed by atoms with E-state index < -0.39 is 0 Å². The predicted octanol–water partition coefficient (Wildman–Crippen LogP) is 3.59. The van der Waals surface area contributed by atoms with Crippen LogP contribution in [0, 0.1) is 6.92 Å². The molecular weight excluding hydrogens is 144 g/mol. The lowest BCUT2D eigenvalue weighted by atomic mass is 10.0. The number of hydrogen-bond acceptors (Lipinski definition) is 0. The Balaban J connectivity index is 3.10. The summed E-state index contributed by atoms with van der Waals surface area (Å²) in [7, 11) is 0. The average Bonchev–Trinajstić information content (AvgIpc) is 2.08. The Morgan fingerprint density at radius 1 is 1.33 bits per heavy atom. The summed E-state index contributed by atoms with van der Waals surface area (Å²) in [4.78, 5) is 0. The van der Waals surface area contributed by atoms with E-state index in [9.17, 15) is 0 Å². The molecule has 0 heteroatoms. The van der Waals surface area contributed by atoms with Gasteiger partial charge in [-0.15, -0.1) is 0 Å². The first kappa shape index (κ1) is 9.05. The number of hydrogen-bond donors (Lipinski definition) is 0. The Morgan fingerprint density at radius 2 is 2.08 bits per heavy atom. The van der Waals surface area contributed by atoms with Crippen molar-refractivity contribution in [3.8, 4) is 0 Å². The zero-order valence-corrected chi connectivity index (χ0v) is 8.09. The van der Waals surface area contributed by atoms with Gasteiger partial charge in [0.05, 0.1) is 0 Å². The summed E-state index contributed by atoms with van der Waals surface area (Å²) in [6, 6.07) is 6.61. The highest BCUT2D eigenvalue weighted by Crippen LogP contribution is 2.13. The van der Waals surface area contributed by atoms with Crippen LogP contribution < -0.4 is 0 Å². The molecule has 0 heterocycles. The minimum Gasteiger partial charge on any atom is -0.0871 e. The van der Waals surface area contributed by atoms with Gasteiger partial charge in [0.15, 0.2) is 0 Å². The second-order valence-electron chi connectivity index (χ2n) is 3.06. The van der Waals surface area contributed by atoms with Gasteiger partial charge in [0.1, 0.15) is 0 Å². The van der Waals surface area contributed by atoms with Crippen LogP contribution >= 0.6 is 0 Å². The van der Waals surface area contributed by atoms with Crippen LogP contribution in [0.15, 0.2) is 24.3 Å². The van der Waals surface area contributed by atoms with Gasteiger partial charge < -0.3 is 0 Å². The monoisotopic (exact) mass is 160 g/mol. The maximum atomic E-state index is 2.26. The number of allylic oxidation sites excluding steroid dienone is 1. The van der Waals surface area contributed by atoms with Gasteiger partial charge in [-0.25, -0.2) is 0 Å². The quantitative estimate of drug-likeness (QED) is 0.620. The molecule has 1 aromatic carbocycles. The average molecular weight is 160 g/mol. The molecule has 1 aromatic rings. The molecule has 0 nitrogen and oxygen atoms in total. The van der Waals surface area contributed by atoms with Crippen LogP contribution in [-0.2, 0) is 6.42 Å². The van der Waals surface area contributed by atoms with E-state index >= 15 is 0 Å². The minimum absolute atomic E-state index is 1.11. The summed E-state index contributed by atoms with van der Waals surface area (Å²) in [5.74, 6) is 0. The summed E-state index contributed by atoms with van der Waals surface area (Å²) in [5, 5.41) is 0. The minimum atomic E-state index is 1.11. The second kappa shape index (κ2) is 4.10. The van der Waals surface area contributed by atoms with E-state index in [0.29, 0.717) is 0 Å². The van der Waals surface area contributed by atoms with Crippen LogP contribution in [0.1, 0.15) is 30.5 Å². The van der Waals surface area contributed by atoms with Crippen LogP contribution in [0.3, 0.4) is 0 Å². The van der Waals surface area contributed by atoms with E-state index in [0.717, 1.165) is 6.42 Å². The van der Waals surface area contributed by atoms with Gasteiger partial charge in [-0.2, -0.15) is 0 Å². The van der Waals surface area contributed by atoms with Crippen molar-refractivity contribution < 1.29 is 0 Å². The third-order valence-electron chi connectivity index (χ3n) is 2.03. The van der Waals surface area contributed by atoms with E-state index in [4.69, 9.17) is 0 Å². The summed E-state index contributed by atoms with van der Waals surface area (Å²) < 4.78 is 0. The van der Waals surface area contributed by atoms with Gasteiger partial charge >= 0.3 is 0 Å². The molecule has 0 saturated heterocycles. The number of rotatable bonds is 2. The normalized spacial score (nSPS) is 10.9. The summed E-state index contributed by atoms with van der Waals surface area (Å²) in [6.45, 7) is 6.39. The molecule has 0 radical (unpaired) electrons. The van der Waals surface area contributed by atoms with Gasteiger partial charge in [-0.3, -0.25) is 0 Å². The number of aryl methyl sites for hydroxylation is 2. The highest BCUT2D eigenvalue weighted by Gasteiger charge is 1.95. The molecule has 0 aromatic heterocycles. The maximum absolute atomic E-state index is 2.26. The molecule has 0 aliphatic rings. The Bertz CT molecular complexity index is 282. The van der Waals surface area contributed by atoms with Crippen LogP contribution in [0.4, 0.5) is 0 Å². The molecule has 1 rings (SSSR count). The highest BCUT2D eigenvalue weighted by molar-refractivity contribution is 5.54. The van der Waals surface area contributed by atoms with Crippen molar-refractivity contribution in [3.05, 3.63) is 41.0 Å². The molecule has 0 amide bonds.